The Kier molecular flexibility index (Phi) is 8.20. The SMILES string of the molecule is CCCC(CCN)CCC(=O)OC1CCC(C)C(C)C1. The minimum atomic E-state index is -0.00474. The van der Waals surface area contributed by atoms with E-state index in [-0.39, 0.29) is 12.1 Å². The Balaban J connectivity index is 2.25. The molecule has 118 valence electrons. The zero-order valence-corrected chi connectivity index (χ0v) is 13.6. The number of carbonyl (C=O) groups excluding carboxylic acids is 1. The number of carbonyl (C=O) groups is 1. The molecule has 0 amide bonds. The molecule has 1 rings (SSSR count). The lowest BCUT2D eigenvalue weighted by molar-refractivity contribution is -0.152. The summed E-state index contributed by atoms with van der Waals surface area (Å²) < 4.78 is 5.65. The Labute approximate surface area is 124 Å². The third-order valence-corrected chi connectivity index (χ3v) is 4.88. The van der Waals surface area contributed by atoms with E-state index in [9.17, 15) is 4.79 Å². The van der Waals surface area contributed by atoms with Crippen LogP contribution in [0.4, 0.5) is 0 Å². The molecule has 1 fully saturated rings. The van der Waals surface area contributed by atoms with Crippen LogP contribution in [0.25, 0.3) is 0 Å². The zero-order chi connectivity index (χ0) is 15.0. The van der Waals surface area contributed by atoms with Crippen LogP contribution in [-0.4, -0.2) is 18.6 Å². The van der Waals surface area contributed by atoms with Gasteiger partial charge in [0, 0.05) is 6.42 Å². The molecule has 3 nitrogen and oxygen atoms in total. The van der Waals surface area contributed by atoms with Crippen molar-refractivity contribution < 1.29 is 9.53 Å². The number of nitrogens with two attached hydrogens (primary N) is 1. The van der Waals surface area contributed by atoms with Crippen LogP contribution < -0.4 is 5.73 Å². The molecule has 0 aromatic rings. The number of hydrogen-bond acceptors (Lipinski definition) is 3. The summed E-state index contributed by atoms with van der Waals surface area (Å²) in [7, 11) is 0. The van der Waals surface area contributed by atoms with Crippen LogP contribution in [0.5, 0.6) is 0 Å². The summed E-state index contributed by atoms with van der Waals surface area (Å²) in [4.78, 5) is 12.0. The van der Waals surface area contributed by atoms with Gasteiger partial charge >= 0.3 is 5.97 Å². The highest BCUT2D eigenvalue weighted by atomic mass is 16.5. The molecule has 0 radical (unpaired) electrons. The summed E-state index contributed by atoms with van der Waals surface area (Å²) in [6.45, 7) is 7.47. The minimum absolute atomic E-state index is 0.00474. The van der Waals surface area contributed by atoms with E-state index in [0.29, 0.717) is 18.3 Å². The molecule has 0 heterocycles. The first-order valence-corrected chi connectivity index (χ1v) is 8.46. The highest BCUT2D eigenvalue weighted by molar-refractivity contribution is 5.69. The highest BCUT2D eigenvalue weighted by Gasteiger charge is 2.27. The van der Waals surface area contributed by atoms with Crippen molar-refractivity contribution in [3.05, 3.63) is 0 Å². The Morgan fingerprint density at radius 3 is 2.55 bits per heavy atom. The summed E-state index contributed by atoms with van der Waals surface area (Å²) >= 11 is 0. The summed E-state index contributed by atoms with van der Waals surface area (Å²) in [5, 5.41) is 0. The predicted molar refractivity (Wildman–Crippen MR) is 83.4 cm³/mol. The fourth-order valence-electron chi connectivity index (χ4n) is 3.25. The average Bonchev–Trinajstić information content (AvgIpc) is 2.41. The maximum absolute atomic E-state index is 12.0. The summed E-state index contributed by atoms with van der Waals surface area (Å²) in [5.41, 5.74) is 5.63. The van der Waals surface area contributed by atoms with Crippen molar-refractivity contribution >= 4 is 5.97 Å². The van der Waals surface area contributed by atoms with E-state index in [1.807, 2.05) is 0 Å². The topological polar surface area (TPSA) is 52.3 Å². The molecule has 0 aromatic heterocycles. The molecule has 0 saturated heterocycles. The molecule has 0 aromatic carbocycles. The van der Waals surface area contributed by atoms with Gasteiger partial charge in [-0.25, -0.2) is 0 Å². The van der Waals surface area contributed by atoms with Crippen molar-refractivity contribution in [3.63, 3.8) is 0 Å². The van der Waals surface area contributed by atoms with Crippen LogP contribution in [0, 0.1) is 17.8 Å². The standard InChI is InChI=1S/C17H33NO2/c1-4-5-15(10-11-18)7-9-17(19)20-16-8-6-13(2)14(3)12-16/h13-16H,4-12,18H2,1-3H3. The van der Waals surface area contributed by atoms with Crippen molar-refractivity contribution in [2.75, 3.05) is 6.54 Å². The Hall–Kier alpha value is -0.570. The van der Waals surface area contributed by atoms with E-state index in [1.165, 1.54) is 12.8 Å². The third-order valence-electron chi connectivity index (χ3n) is 4.88. The lowest BCUT2D eigenvalue weighted by Gasteiger charge is -2.31. The van der Waals surface area contributed by atoms with Gasteiger partial charge in [0.25, 0.3) is 0 Å². The molecular weight excluding hydrogens is 250 g/mol. The van der Waals surface area contributed by atoms with Crippen molar-refractivity contribution in [1.29, 1.82) is 0 Å². The van der Waals surface area contributed by atoms with Crippen molar-refractivity contribution in [3.8, 4) is 0 Å². The van der Waals surface area contributed by atoms with E-state index >= 15 is 0 Å². The molecule has 1 aliphatic carbocycles. The van der Waals surface area contributed by atoms with Crippen LogP contribution in [0.2, 0.25) is 0 Å². The predicted octanol–water partition coefficient (Wildman–Crippen LogP) is 3.90. The van der Waals surface area contributed by atoms with Crippen molar-refractivity contribution in [2.45, 2.75) is 78.2 Å². The Morgan fingerprint density at radius 1 is 1.20 bits per heavy atom. The van der Waals surface area contributed by atoms with E-state index in [2.05, 4.69) is 20.8 Å². The number of rotatable bonds is 8. The fourth-order valence-corrected chi connectivity index (χ4v) is 3.25. The van der Waals surface area contributed by atoms with Gasteiger partial charge in [-0.05, 0) is 56.4 Å². The smallest absolute Gasteiger partial charge is 0.306 e. The van der Waals surface area contributed by atoms with Gasteiger partial charge in [-0.2, -0.15) is 0 Å². The van der Waals surface area contributed by atoms with Crippen LogP contribution >= 0.6 is 0 Å². The van der Waals surface area contributed by atoms with Crippen LogP contribution in [0.3, 0.4) is 0 Å². The fraction of sp³-hybridized carbons (Fsp3) is 0.941. The maximum atomic E-state index is 12.0. The second kappa shape index (κ2) is 9.38. The highest BCUT2D eigenvalue weighted by Crippen LogP contribution is 2.31. The molecule has 0 spiro atoms. The first kappa shape index (κ1) is 17.5. The maximum Gasteiger partial charge on any atom is 0.306 e. The van der Waals surface area contributed by atoms with Gasteiger partial charge in [-0.1, -0.05) is 33.6 Å². The van der Waals surface area contributed by atoms with Gasteiger partial charge in [0.1, 0.15) is 6.10 Å². The monoisotopic (exact) mass is 283 g/mol. The van der Waals surface area contributed by atoms with Gasteiger partial charge in [-0.3, -0.25) is 4.79 Å². The molecule has 4 unspecified atom stereocenters. The molecule has 4 atom stereocenters. The van der Waals surface area contributed by atoms with Crippen LogP contribution in [-0.2, 0) is 9.53 Å². The molecule has 0 aliphatic heterocycles. The number of ether oxygens (including phenoxy) is 1. The average molecular weight is 283 g/mol. The van der Waals surface area contributed by atoms with Gasteiger partial charge in [0.2, 0.25) is 0 Å². The van der Waals surface area contributed by atoms with Crippen molar-refractivity contribution in [1.82, 2.24) is 0 Å². The Bertz CT molecular complexity index is 274. The van der Waals surface area contributed by atoms with Crippen molar-refractivity contribution in [2.24, 2.45) is 23.5 Å². The van der Waals surface area contributed by atoms with E-state index in [1.54, 1.807) is 0 Å². The summed E-state index contributed by atoms with van der Waals surface area (Å²) in [6, 6.07) is 0. The lowest BCUT2D eigenvalue weighted by Crippen LogP contribution is -2.28. The molecular formula is C17H33NO2. The van der Waals surface area contributed by atoms with Gasteiger partial charge in [0.05, 0.1) is 0 Å². The van der Waals surface area contributed by atoms with Gasteiger partial charge in [0.15, 0.2) is 0 Å². The van der Waals surface area contributed by atoms with E-state index in [4.69, 9.17) is 10.5 Å². The van der Waals surface area contributed by atoms with Crippen LogP contribution in [0.1, 0.15) is 72.1 Å². The molecule has 20 heavy (non-hydrogen) atoms. The Morgan fingerprint density at radius 2 is 1.95 bits per heavy atom. The largest absolute Gasteiger partial charge is 0.462 e. The van der Waals surface area contributed by atoms with E-state index in [0.717, 1.165) is 44.6 Å². The zero-order valence-electron chi connectivity index (χ0n) is 13.6. The van der Waals surface area contributed by atoms with Gasteiger partial charge in [-0.15, -0.1) is 0 Å². The second-order valence-corrected chi connectivity index (χ2v) is 6.65. The van der Waals surface area contributed by atoms with Gasteiger partial charge < -0.3 is 10.5 Å². The molecule has 1 saturated carbocycles. The number of hydrogen-bond donors (Lipinski definition) is 1. The quantitative estimate of drug-likeness (QED) is 0.687. The first-order valence-electron chi connectivity index (χ1n) is 8.46. The summed E-state index contributed by atoms with van der Waals surface area (Å²) in [5.74, 6) is 2.02. The van der Waals surface area contributed by atoms with Crippen LogP contribution in [0.15, 0.2) is 0 Å². The molecule has 2 N–H and O–H groups in total. The summed E-state index contributed by atoms with van der Waals surface area (Å²) in [6.07, 6.45) is 8.28. The van der Waals surface area contributed by atoms with E-state index < -0.39 is 0 Å². The molecule has 0 bridgehead atoms. The second-order valence-electron chi connectivity index (χ2n) is 6.65. The lowest BCUT2D eigenvalue weighted by atomic mass is 9.80. The normalized spacial score (nSPS) is 28.1. The third kappa shape index (κ3) is 6.25. The number of esters is 1. The minimum Gasteiger partial charge on any atom is -0.462 e. The first-order chi connectivity index (χ1) is 9.56. The molecule has 3 heteroatoms. The molecule has 1 aliphatic rings.